The lowest BCUT2D eigenvalue weighted by atomic mass is 9.81. The molecule has 0 saturated carbocycles. The van der Waals surface area contributed by atoms with Gasteiger partial charge in [-0.3, -0.25) is 0 Å². The molecule has 2 heteroatoms. The Bertz CT molecular complexity index is 4790. The van der Waals surface area contributed by atoms with Crippen LogP contribution in [-0.2, 0) is 10.8 Å². The van der Waals surface area contributed by atoms with E-state index < -0.39 is 0 Å². The minimum Gasteiger partial charge on any atom is -0.309 e. The lowest BCUT2D eigenvalue weighted by molar-refractivity contribution is 0.660. The molecule has 15 aromatic rings. The van der Waals surface area contributed by atoms with E-state index in [-0.39, 0.29) is 10.8 Å². The summed E-state index contributed by atoms with van der Waals surface area (Å²) in [6, 6.07) is 101. The summed E-state index contributed by atoms with van der Waals surface area (Å²) in [5, 5.41) is 9.82. The van der Waals surface area contributed by atoms with Gasteiger partial charge >= 0.3 is 0 Å². The molecule has 17 rings (SSSR count). The van der Waals surface area contributed by atoms with E-state index in [0.717, 1.165) is 11.4 Å². The first-order valence-corrected chi connectivity index (χ1v) is 28.9. The Kier molecular flexibility index (Phi) is 9.85. The standard InChI is InChI=1S/C80H56N2/c1-79(2)69-29-11-5-23-57(69)59-39-35-51(45-71(59)79)49-19-17-21-53(43-49)77-65-41-37-56(82-75-33-15-9-27-63(75)64-28-10-16-34-76(64)82)48-68(65)78(66-42-38-55(47-67(66)77)81-73-31-13-7-25-61(73)62-26-8-14-32-74(62)81)54-22-18-20-50(44-54)52-36-40-60-58-24-6-12-30-70(58)80(3,4)72(60)46-52/h5-48H,1-4H3. The number of benzene rings is 13. The van der Waals surface area contributed by atoms with Crippen molar-refractivity contribution in [3.05, 3.63) is 289 Å². The lowest BCUT2D eigenvalue weighted by Gasteiger charge is -2.23. The molecule has 13 aromatic carbocycles. The van der Waals surface area contributed by atoms with E-state index in [1.807, 2.05) is 0 Å². The van der Waals surface area contributed by atoms with E-state index in [1.165, 1.54) is 154 Å². The Labute approximate surface area is 477 Å². The van der Waals surface area contributed by atoms with Gasteiger partial charge in [0.1, 0.15) is 0 Å². The fourth-order valence-corrected chi connectivity index (χ4v) is 15.0. The first kappa shape index (κ1) is 46.9. The van der Waals surface area contributed by atoms with Crippen molar-refractivity contribution in [2.75, 3.05) is 0 Å². The van der Waals surface area contributed by atoms with Crippen molar-refractivity contribution in [2.24, 2.45) is 0 Å². The highest BCUT2D eigenvalue weighted by molar-refractivity contribution is 6.23. The molecule has 2 aliphatic carbocycles. The quantitative estimate of drug-likeness (QED) is 0.147. The van der Waals surface area contributed by atoms with Crippen molar-refractivity contribution in [3.63, 3.8) is 0 Å². The fourth-order valence-electron chi connectivity index (χ4n) is 15.0. The van der Waals surface area contributed by atoms with Gasteiger partial charge in [0.2, 0.25) is 0 Å². The van der Waals surface area contributed by atoms with Gasteiger partial charge in [0, 0.05) is 43.7 Å². The molecule has 0 saturated heterocycles. The third-order valence-corrected chi connectivity index (χ3v) is 18.9. The van der Waals surface area contributed by atoms with Crippen LogP contribution >= 0.6 is 0 Å². The molecule has 2 nitrogen and oxygen atoms in total. The average molecular weight is 1050 g/mol. The molecule has 0 aliphatic heterocycles. The Hall–Kier alpha value is -10.0. The van der Waals surface area contributed by atoms with E-state index in [9.17, 15) is 0 Å². The molecule has 0 fully saturated rings. The van der Waals surface area contributed by atoms with Crippen LogP contribution in [0.15, 0.2) is 267 Å². The number of nitrogens with zero attached hydrogens (tertiary/aromatic N) is 2. The molecule has 386 valence electrons. The molecule has 0 spiro atoms. The summed E-state index contributed by atoms with van der Waals surface area (Å²) in [5.74, 6) is 0. The van der Waals surface area contributed by atoms with Crippen LogP contribution in [0.4, 0.5) is 0 Å². The molecule has 2 aliphatic rings. The van der Waals surface area contributed by atoms with Crippen LogP contribution in [0.25, 0.3) is 143 Å². The van der Waals surface area contributed by atoms with Crippen molar-refractivity contribution >= 4 is 65.2 Å². The van der Waals surface area contributed by atoms with E-state index in [2.05, 4.69) is 304 Å². The lowest BCUT2D eigenvalue weighted by Crippen LogP contribution is -2.14. The maximum absolute atomic E-state index is 2.49. The van der Waals surface area contributed by atoms with Gasteiger partial charge in [-0.05, 0) is 183 Å². The second-order valence-corrected chi connectivity index (χ2v) is 24.0. The maximum Gasteiger partial charge on any atom is 0.0541 e. The Balaban J connectivity index is 0.950. The molecule has 82 heavy (non-hydrogen) atoms. The third kappa shape index (κ3) is 6.64. The summed E-state index contributed by atoms with van der Waals surface area (Å²) in [6.45, 7) is 9.51. The van der Waals surface area contributed by atoms with Gasteiger partial charge in [-0.25, -0.2) is 0 Å². The molecule has 2 aromatic heterocycles. The Morgan fingerprint density at radius 1 is 0.220 bits per heavy atom. The molecule has 0 atom stereocenters. The number of fused-ring (bicyclic) bond motifs is 14. The van der Waals surface area contributed by atoms with Gasteiger partial charge in [-0.2, -0.15) is 0 Å². The van der Waals surface area contributed by atoms with Crippen LogP contribution in [0.1, 0.15) is 49.9 Å². The first-order chi connectivity index (χ1) is 40.2. The normalized spacial score (nSPS) is 13.8. The van der Waals surface area contributed by atoms with Gasteiger partial charge in [0.05, 0.1) is 22.1 Å². The molecular weight excluding hydrogens is 989 g/mol. The van der Waals surface area contributed by atoms with Crippen LogP contribution in [-0.4, -0.2) is 9.13 Å². The van der Waals surface area contributed by atoms with Crippen LogP contribution < -0.4 is 0 Å². The van der Waals surface area contributed by atoms with Crippen molar-refractivity contribution in [2.45, 2.75) is 38.5 Å². The predicted octanol–water partition coefficient (Wildman–Crippen LogP) is 21.5. The summed E-state index contributed by atoms with van der Waals surface area (Å²) in [4.78, 5) is 0. The predicted molar refractivity (Wildman–Crippen MR) is 347 cm³/mol. The highest BCUT2D eigenvalue weighted by Gasteiger charge is 2.37. The Morgan fingerprint density at radius 3 is 0.951 bits per heavy atom. The second kappa shape index (κ2) is 17.2. The summed E-state index contributed by atoms with van der Waals surface area (Å²) < 4.78 is 4.94. The average Bonchev–Trinajstić information content (AvgIpc) is 3.81. The van der Waals surface area contributed by atoms with Gasteiger partial charge in [0.15, 0.2) is 0 Å². The molecule has 2 heterocycles. The number of hydrogen-bond donors (Lipinski definition) is 0. The highest BCUT2D eigenvalue weighted by atomic mass is 15.0. The number of aromatic nitrogens is 2. The smallest absolute Gasteiger partial charge is 0.0541 e. The van der Waals surface area contributed by atoms with Crippen molar-refractivity contribution in [1.82, 2.24) is 9.13 Å². The highest BCUT2D eigenvalue weighted by Crippen LogP contribution is 2.53. The molecule has 0 radical (unpaired) electrons. The minimum absolute atomic E-state index is 0.112. The summed E-state index contributed by atoms with van der Waals surface area (Å²) >= 11 is 0. The number of hydrogen-bond acceptors (Lipinski definition) is 0. The molecular formula is C80H56N2. The third-order valence-electron chi connectivity index (χ3n) is 18.9. The molecule has 0 bridgehead atoms. The number of para-hydroxylation sites is 4. The SMILES string of the molecule is CC1(C)c2ccccc2-c2ccc(-c3cccc(-c4c5ccc(-n6c7ccccc7c7ccccc76)cc5c(-c5cccc(-c6ccc7c(c6)C(C)(C)c6ccccc6-7)c5)c5ccc(-n6c7ccccc7c7ccccc76)cc45)c3)cc21. The van der Waals surface area contributed by atoms with Crippen molar-refractivity contribution < 1.29 is 0 Å². The van der Waals surface area contributed by atoms with Crippen molar-refractivity contribution in [3.8, 4) is 78.1 Å². The monoisotopic (exact) mass is 1040 g/mol. The topological polar surface area (TPSA) is 9.86 Å². The summed E-state index contributed by atoms with van der Waals surface area (Å²) in [6.07, 6.45) is 0. The largest absolute Gasteiger partial charge is 0.309 e. The van der Waals surface area contributed by atoms with Crippen LogP contribution in [0.2, 0.25) is 0 Å². The zero-order chi connectivity index (χ0) is 54.6. The first-order valence-electron chi connectivity index (χ1n) is 28.9. The molecule has 0 unspecified atom stereocenters. The fraction of sp³-hybridized carbons (Fsp3) is 0.0750. The van der Waals surface area contributed by atoms with Gasteiger partial charge in [0.25, 0.3) is 0 Å². The van der Waals surface area contributed by atoms with Crippen LogP contribution in [0.3, 0.4) is 0 Å². The van der Waals surface area contributed by atoms with E-state index >= 15 is 0 Å². The number of rotatable bonds is 6. The molecule has 0 N–H and O–H groups in total. The van der Waals surface area contributed by atoms with E-state index in [0.29, 0.717) is 0 Å². The maximum atomic E-state index is 2.49. The molecule has 0 amide bonds. The van der Waals surface area contributed by atoms with Gasteiger partial charge < -0.3 is 9.13 Å². The van der Waals surface area contributed by atoms with E-state index in [4.69, 9.17) is 0 Å². The Morgan fingerprint density at radius 2 is 0.549 bits per heavy atom. The van der Waals surface area contributed by atoms with Gasteiger partial charge in [-0.1, -0.05) is 222 Å². The van der Waals surface area contributed by atoms with E-state index in [1.54, 1.807) is 0 Å². The van der Waals surface area contributed by atoms with Crippen molar-refractivity contribution in [1.29, 1.82) is 0 Å². The summed E-state index contributed by atoms with van der Waals surface area (Å²) in [5.41, 5.74) is 27.3. The van der Waals surface area contributed by atoms with Crippen LogP contribution in [0.5, 0.6) is 0 Å². The zero-order valence-electron chi connectivity index (χ0n) is 46.3. The van der Waals surface area contributed by atoms with Crippen LogP contribution in [0, 0.1) is 0 Å². The summed E-state index contributed by atoms with van der Waals surface area (Å²) in [7, 11) is 0. The van der Waals surface area contributed by atoms with Gasteiger partial charge in [-0.15, -0.1) is 0 Å². The zero-order valence-corrected chi connectivity index (χ0v) is 46.3. The minimum atomic E-state index is -0.112. The second-order valence-electron chi connectivity index (χ2n) is 24.0.